The van der Waals surface area contributed by atoms with Gasteiger partial charge in [0.2, 0.25) is 4.77 Å². The van der Waals surface area contributed by atoms with Gasteiger partial charge in [-0.15, -0.1) is 0 Å². The second kappa shape index (κ2) is 7.62. The normalized spacial score (nSPS) is 15.3. The molecule has 0 N–H and O–H groups in total. The Labute approximate surface area is 163 Å². The molecule has 1 fully saturated rings. The van der Waals surface area contributed by atoms with E-state index in [-0.39, 0.29) is 5.82 Å². The summed E-state index contributed by atoms with van der Waals surface area (Å²) >= 11 is 5.64. The van der Waals surface area contributed by atoms with E-state index in [0.29, 0.717) is 11.4 Å². The topological polar surface area (TPSA) is 29.2 Å². The van der Waals surface area contributed by atoms with Gasteiger partial charge in [-0.25, -0.2) is 9.07 Å². The lowest BCUT2D eigenvalue weighted by Gasteiger charge is -2.35. The Hall–Kier alpha value is -2.51. The fourth-order valence-electron chi connectivity index (χ4n) is 3.42. The second-order valence-corrected chi connectivity index (χ2v) is 7.16. The molecule has 1 aliphatic heterocycles. The smallest absolute Gasteiger partial charge is 0.203 e. The number of aromatic nitrogens is 3. The number of anilines is 1. The Bertz CT molecular complexity index is 971. The van der Waals surface area contributed by atoms with Crippen molar-refractivity contribution in [3.05, 3.63) is 71.0 Å². The molecule has 1 aliphatic rings. The Kier molecular flexibility index (Phi) is 5.05. The summed E-state index contributed by atoms with van der Waals surface area (Å²) in [6, 6.07) is 14.9. The van der Waals surface area contributed by atoms with Crippen molar-refractivity contribution in [2.45, 2.75) is 13.6 Å². The van der Waals surface area contributed by atoms with Gasteiger partial charge in [0, 0.05) is 31.9 Å². The van der Waals surface area contributed by atoms with E-state index in [9.17, 15) is 4.39 Å². The van der Waals surface area contributed by atoms with Gasteiger partial charge in [0.15, 0.2) is 0 Å². The van der Waals surface area contributed by atoms with Crippen LogP contribution in [-0.4, -0.2) is 45.4 Å². The van der Waals surface area contributed by atoms with Crippen LogP contribution in [-0.2, 0) is 6.67 Å². The molecule has 7 heteroatoms. The number of nitrogens with zero attached hydrogens (tertiary/aromatic N) is 5. The first-order valence-electron chi connectivity index (χ1n) is 9.05. The van der Waals surface area contributed by atoms with Crippen LogP contribution < -0.4 is 4.90 Å². The summed E-state index contributed by atoms with van der Waals surface area (Å²) < 4.78 is 17.6. The number of rotatable bonds is 4. The zero-order valence-electron chi connectivity index (χ0n) is 15.3. The van der Waals surface area contributed by atoms with Gasteiger partial charge >= 0.3 is 0 Å². The number of hydrogen-bond donors (Lipinski definition) is 0. The molecule has 0 bridgehead atoms. The van der Waals surface area contributed by atoms with E-state index in [1.165, 1.54) is 17.7 Å². The van der Waals surface area contributed by atoms with E-state index in [1.807, 2.05) is 33.5 Å². The van der Waals surface area contributed by atoms with Gasteiger partial charge in [-0.1, -0.05) is 18.2 Å². The number of benzene rings is 2. The maximum absolute atomic E-state index is 13.1. The van der Waals surface area contributed by atoms with Gasteiger partial charge in [-0.05, 0) is 55.0 Å². The van der Waals surface area contributed by atoms with Crippen LogP contribution in [0.1, 0.15) is 5.56 Å². The maximum atomic E-state index is 13.1. The van der Waals surface area contributed by atoms with Crippen LogP contribution in [0.3, 0.4) is 0 Å². The van der Waals surface area contributed by atoms with E-state index in [2.05, 4.69) is 34.0 Å². The number of aryl methyl sites for hydroxylation is 1. The average Bonchev–Trinajstić information content (AvgIpc) is 3.04. The SMILES string of the molecule is Cc1ccccc1-n1cnn(CN2CCN(c3ccc(F)cc3)CC2)c1=S. The summed E-state index contributed by atoms with van der Waals surface area (Å²) in [6.45, 7) is 6.37. The van der Waals surface area contributed by atoms with Crippen molar-refractivity contribution in [3.63, 3.8) is 0 Å². The van der Waals surface area contributed by atoms with E-state index < -0.39 is 0 Å². The van der Waals surface area contributed by atoms with Gasteiger partial charge in [0.25, 0.3) is 0 Å². The number of halogens is 1. The molecule has 0 aliphatic carbocycles. The first kappa shape index (κ1) is 17.9. The van der Waals surface area contributed by atoms with Crippen molar-refractivity contribution in [2.75, 3.05) is 31.1 Å². The van der Waals surface area contributed by atoms with Crippen molar-refractivity contribution >= 4 is 17.9 Å². The highest BCUT2D eigenvalue weighted by molar-refractivity contribution is 7.71. The number of piperazine rings is 1. The Morgan fingerprint density at radius 2 is 1.70 bits per heavy atom. The van der Waals surface area contributed by atoms with Gasteiger partial charge < -0.3 is 4.90 Å². The van der Waals surface area contributed by atoms with Gasteiger partial charge in [-0.3, -0.25) is 9.47 Å². The summed E-state index contributed by atoms with van der Waals surface area (Å²) in [5.74, 6) is -0.198. The van der Waals surface area contributed by atoms with Crippen LogP contribution in [0, 0.1) is 17.5 Å². The van der Waals surface area contributed by atoms with Crippen LogP contribution in [0.15, 0.2) is 54.9 Å². The molecule has 1 saturated heterocycles. The Morgan fingerprint density at radius 3 is 2.41 bits per heavy atom. The molecular weight excluding hydrogens is 361 g/mol. The number of para-hydroxylation sites is 1. The quantitative estimate of drug-likeness (QED) is 0.644. The molecule has 0 spiro atoms. The van der Waals surface area contributed by atoms with Crippen molar-refractivity contribution in [1.29, 1.82) is 0 Å². The Balaban J connectivity index is 1.42. The first-order chi connectivity index (χ1) is 13.1. The predicted molar refractivity (Wildman–Crippen MR) is 107 cm³/mol. The molecule has 0 radical (unpaired) electrons. The van der Waals surface area contributed by atoms with Crippen LogP contribution in [0.2, 0.25) is 0 Å². The maximum Gasteiger partial charge on any atom is 0.203 e. The van der Waals surface area contributed by atoms with Crippen LogP contribution in [0.4, 0.5) is 10.1 Å². The van der Waals surface area contributed by atoms with Gasteiger partial charge in [0.1, 0.15) is 12.1 Å². The molecule has 5 nitrogen and oxygen atoms in total. The van der Waals surface area contributed by atoms with E-state index >= 15 is 0 Å². The van der Waals surface area contributed by atoms with Crippen molar-refractivity contribution in [3.8, 4) is 5.69 Å². The highest BCUT2D eigenvalue weighted by Gasteiger charge is 2.18. The molecule has 1 aromatic heterocycles. The lowest BCUT2D eigenvalue weighted by molar-refractivity contribution is 0.194. The van der Waals surface area contributed by atoms with Crippen LogP contribution >= 0.6 is 12.2 Å². The minimum atomic E-state index is -0.198. The third-order valence-electron chi connectivity index (χ3n) is 5.01. The third-order valence-corrected chi connectivity index (χ3v) is 5.41. The summed E-state index contributed by atoms with van der Waals surface area (Å²) in [5, 5.41) is 4.49. The molecule has 0 atom stereocenters. The van der Waals surface area contributed by atoms with E-state index in [4.69, 9.17) is 12.2 Å². The third kappa shape index (κ3) is 3.79. The monoisotopic (exact) mass is 383 g/mol. The fraction of sp³-hybridized carbons (Fsp3) is 0.300. The Morgan fingerprint density at radius 1 is 1.00 bits per heavy atom. The zero-order chi connectivity index (χ0) is 18.8. The molecule has 4 rings (SSSR count). The molecule has 0 unspecified atom stereocenters. The summed E-state index contributed by atoms with van der Waals surface area (Å²) in [4.78, 5) is 4.62. The van der Waals surface area contributed by atoms with E-state index in [1.54, 1.807) is 6.33 Å². The lowest BCUT2D eigenvalue weighted by Crippen LogP contribution is -2.47. The number of hydrogen-bond acceptors (Lipinski definition) is 4. The molecule has 2 aromatic carbocycles. The lowest BCUT2D eigenvalue weighted by atomic mass is 10.2. The van der Waals surface area contributed by atoms with Gasteiger partial charge in [0.05, 0.1) is 12.4 Å². The highest BCUT2D eigenvalue weighted by atomic mass is 32.1. The summed E-state index contributed by atoms with van der Waals surface area (Å²) in [7, 11) is 0. The molecule has 2 heterocycles. The molecular formula is C20H22FN5S. The molecule has 3 aromatic rings. The standard InChI is InChI=1S/C20H22FN5S/c1-16-4-2-3-5-19(16)25-14-22-26(20(25)27)15-23-10-12-24(13-11-23)18-8-6-17(21)7-9-18/h2-9,14H,10-13,15H2,1H3. The highest BCUT2D eigenvalue weighted by Crippen LogP contribution is 2.18. The fourth-order valence-corrected chi connectivity index (χ4v) is 3.67. The zero-order valence-corrected chi connectivity index (χ0v) is 16.1. The minimum Gasteiger partial charge on any atom is -0.369 e. The summed E-state index contributed by atoms with van der Waals surface area (Å²) in [5.41, 5.74) is 3.30. The first-order valence-corrected chi connectivity index (χ1v) is 9.46. The largest absolute Gasteiger partial charge is 0.369 e. The van der Waals surface area contributed by atoms with Crippen molar-refractivity contribution in [1.82, 2.24) is 19.2 Å². The van der Waals surface area contributed by atoms with E-state index in [0.717, 1.165) is 37.6 Å². The minimum absolute atomic E-state index is 0.198. The van der Waals surface area contributed by atoms with Crippen molar-refractivity contribution in [2.24, 2.45) is 0 Å². The van der Waals surface area contributed by atoms with Crippen LogP contribution in [0.25, 0.3) is 5.69 Å². The molecule has 0 amide bonds. The predicted octanol–water partition coefficient (Wildman–Crippen LogP) is 3.63. The average molecular weight is 383 g/mol. The van der Waals surface area contributed by atoms with Gasteiger partial charge in [-0.2, -0.15) is 5.10 Å². The molecule has 0 saturated carbocycles. The second-order valence-electron chi connectivity index (χ2n) is 6.79. The van der Waals surface area contributed by atoms with Crippen molar-refractivity contribution < 1.29 is 4.39 Å². The van der Waals surface area contributed by atoms with Crippen LogP contribution in [0.5, 0.6) is 0 Å². The summed E-state index contributed by atoms with van der Waals surface area (Å²) in [6.07, 6.45) is 1.79. The molecule has 140 valence electrons. The molecule has 27 heavy (non-hydrogen) atoms.